The van der Waals surface area contributed by atoms with E-state index in [0.29, 0.717) is 12.6 Å². The van der Waals surface area contributed by atoms with Crippen molar-refractivity contribution < 1.29 is 0 Å². The van der Waals surface area contributed by atoms with Gasteiger partial charge in [0, 0.05) is 12.7 Å². The van der Waals surface area contributed by atoms with E-state index in [1.807, 2.05) is 23.9 Å². The van der Waals surface area contributed by atoms with Crippen molar-refractivity contribution >= 4 is 0 Å². The van der Waals surface area contributed by atoms with Crippen LogP contribution in [0.25, 0.3) is 0 Å². The van der Waals surface area contributed by atoms with Gasteiger partial charge in [-0.25, -0.2) is 0 Å². The number of nitrogens with two attached hydrogens (primary N) is 1. The minimum atomic E-state index is 0.378. The second-order valence-corrected chi connectivity index (χ2v) is 3.12. The van der Waals surface area contributed by atoms with Gasteiger partial charge < -0.3 is 5.73 Å². The first kappa shape index (κ1) is 9.26. The Kier molecular flexibility index (Phi) is 3.29. The molecule has 1 aromatic heterocycles. The van der Waals surface area contributed by atoms with E-state index in [1.165, 1.54) is 0 Å². The highest BCUT2D eigenvalue weighted by molar-refractivity contribution is 4.96. The van der Waals surface area contributed by atoms with E-state index in [4.69, 9.17) is 5.73 Å². The molecule has 1 heterocycles. The minimum Gasteiger partial charge on any atom is -0.328 e. The number of nitrogens with zero attached hydrogens (tertiary/aromatic N) is 2. The van der Waals surface area contributed by atoms with Gasteiger partial charge in [-0.05, 0) is 19.4 Å². The van der Waals surface area contributed by atoms with Crippen LogP contribution in [-0.4, -0.2) is 16.3 Å². The Balaban J connectivity index is 2.66. The Hall–Kier alpha value is -0.830. The number of rotatable bonds is 4. The monoisotopic (exact) mass is 167 g/mol. The van der Waals surface area contributed by atoms with Crippen LogP contribution in [0.15, 0.2) is 12.3 Å². The van der Waals surface area contributed by atoms with Gasteiger partial charge in [0.1, 0.15) is 0 Å². The van der Waals surface area contributed by atoms with Gasteiger partial charge in [-0.3, -0.25) is 4.68 Å². The maximum atomic E-state index is 5.64. The molecule has 3 nitrogen and oxygen atoms in total. The first-order valence-corrected chi connectivity index (χ1v) is 4.49. The third kappa shape index (κ3) is 2.08. The molecule has 0 aliphatic rings. The molecule has 12 heavy (non-hydrogen) atoms. The molecule has 0 radical (unpaired) electrons. The largest absolute Gasteiger partial charge is 0.328 e. The molecule has 68 valence electrons. The van der Waals surface area contributed by atoms with Gasteiger partial charge in [0.15, 0.2) is 0 Å². The van der Waals surface area contributed by atoms with Crippen molar-refractivity contribution in [3.63, 3.8) is 0 Å². The second-order valence-electron chi connectivity index (χ2n) is 3.12. The Morgan fingerprint density at radius 2 is 2.42 bits per heavy atom. The van der Waals surface area contributed by atoms with Crippen molar-refractivity contribution in [3.05, 3.63) is 18.0 Å². The summed E-state index contributed by atoms with van der Waals surface area (Å²) in [4.78, 5) is 0. The van der Waals surface area contributed by atoms with Gasteiger partial charge in [-0.15, -0.1) is 0 Å². The van der Waals surface area contributed by atoms with E-state index in [0.717, 1.165) is 18.5 Å². The Morgan fingerprint density at radius 3 is 2.83 bits per heavy atom. The van der Waals surface area contributed by atoms with Crippen LogP contribution >= 0.6 is 0 Å². The zero-order valence-corrected chi connectivity index (χ0v) is 7.83. The summed E-state index contributed by atoms with van der Waals surface area (Å²) in [6, 6.07) is 2.39. The highest BCUT2D eigenvalue weighted by Crippen LogP contribution is 2.11. The fourth-order valence-electron chi connectivity index (χ4n) is 1.33. The van der Waals surface area contributed by atoms with Crippen molar-refractivity contribution in [1.82, 2.24) is 9.78 Å². The van der Waals surface area contributed by atoms with E-state index in [-0.39, 0.29) is 0 Å². The average molecular weight is 167 g/mol. The SMILES string of the molecule is CCCC(CN)n1ccc(C)n1. The molecule has 1 aromatic rings. The van der Waals surface area contributed by atoms with Crippen LogP contribution in [0, 0.1) is 6.92 Å². The number of aryl methyl sites for hydroxylation is 1. The molecule has 0 aliphatic carbocycles. The first-order chi connectivity index (χ1) is 5.77. The fraction of sp³-hybridized carbons (Fsp3) is 0.667. The Labute approximate surface area is 73.6 Å². The molecule has 0 saturated heterocycles. The Morgan fingerprint density at radius 1 is 1.67 bits per heavy atom. The fourth-order valence-corrected chi connectivity index (χ4v) is 1.33. The maximum absolute atomic E-state index is 5.64. The molecule has 2 N–H and O–H groups in total. The van der Waals surface area contributed by atoms with Crippen molar-refractivity contribution in [3.8, 4) is 0 Å². The summed E-state index contributed by atoms with van der Waals surface area (Å²) in [5.41, 5.74) is 6.70. The lowest BCUT2D eigenvalue weighted by Gasteiger charge is -2.13. The minimum absolute atomic E-state index is 0.378. The molecule has 3 heteroatoms. The van der Waals surface area contributed by atoms with E-state index in [2.05, 4.69) is 12.0 Å². The van der Waals surface area contributed by atoms with Crippen LogP contribution in [0.1, 0.15) is 31.5 Å². The number of hydrogen-bond acceptors (Lipinski definition) is 2. The van der Waals surface area contributed by atoms with Gasteiger partial charge in [0.25, 0.3) is 0 Å². The summed E-state index contributed by atoms with van der Waals surface area (Å²) in [5.74, 6) is 0. The molecular weight excluding hydrogens is 150 g/mol. The van der Waals surface area contributed by atoms with E-state index in [9.17, 15) is 0 Å². The van der Waals surface area contributed by atoms with Crippen LogP contribution in [0.4, 0.5) is 0 Å². The van der Waals surface area contributed by atoms with Crippen LogP contribution in [0.2, 0.25) is 0 Å². The van der Waals surface area contributed by atoms with Gasteiger partial charge in [0.05, 0.1) is 11.7 Å². The lowest BCUT2D eigenvalue weighted by Crippen LogP contribution is -2.19. The Bertz CT molecular complexity index is 229. The maximum Gasteiger partial charge on any atom is 0.0641 e. The molecule has 0 fully saturated rings. The molecular formula is C9H17N3. The summed E-state index contributed by atoms with van der Waals surface area (Å²) in [6.07, 6.45) is 4.26. The predicted molar refractivity (Wildman–Crippen MR) is 50.0 cm³/mol. The summed E-state index contributed by atoms with van der Waals surface area (Å²) < 4.78 is 1.97. The normalized spacial score (nSPS) is 13.2. The first-order valence-electron chi connectivity index (χ1n) is 4.49. The van der Waals surface area contributed by atoms with E-state index >= 15 is 0 Å². The summed E-state index contributed by atoms with van der Waals surface area (Å²) in [5, 5.41) is 4.34. The zero-order chi connectivity index (χ0) is 8.97. The third-order valence-corrected chi connectivity index (χ3v) is 2.01. The summed E-state index contributed by atoms with van der Waals surface area (Å²) in [6.45, 7) is 4.84. The molecule has 1 unspecified atom stereocenters. The van der Waals surface area contributed by atoms with Crippen molar-refractivity contribution in [2.45, 2.75) is 32.7 Å². The highest BCUT2D eigenvalue weighted by Gasteiger charge is 2.07. The van der Waals surface area contributed by atoms with Crippen molar-refractivity contribution in [1.29, 1.82) is 0 Å². The van der Waals surface area contributed by atoms with Crippen LogP contribution in [0.5, 0.6) is 0 Å². The highest BCUT2D eigenvalue weighted by atomic mass is 15.3. The smallest absolute Gasteiger partial charge is 0.0641 e. The lowest BCUT2D eigenvalue weighted by molar-refractivity contribution is 0.427. The van der Waals surface area contributed by atoms with Crippen LogP contribution in [0.3, 0.4) is 0 Å². The molecule has 0 aliphatic heterocycles. The van der Waals surface area contributed by atoms with Crippen LogP contribution < -0.4 is 5.73 Å². The van der Waals surface area contributed by atoms with E-state index < -0.39 is 0 Å². The molecule has 0 saturated carbocycles. The summed E-state index contributed by atoms with van der Waals surface area (Å²) >= 11 is 0. The van der Waals surface area contributed by atoms with Gasteiger partial charge in [0.2, 0.25) is 0 Å². The van der Waals surface area contributed by atoms with Gasteiger partial charge in [-0.1, -0.05) is 13.3 Å². The topological polar surface area (TPSA) is 43.8 Å². The van der Waals surface area contributed by atoms with Crippen molar-refractivity contribution in [2.24, 2.45) is 5.73 Å². The standard InChI is InChI=1S/C9H17N3/c1-3-4-9(7-10)12-6-5-8(2)11-12/h5-6,9H,3-4,7,10H2,1-2H3. The third-order valence-electron chi connectivity index (χ3n) is 2.01. The predicted octanol–water partition coefficient (Wildman–Crippen LogP) is 1.49. The number of aromatic nitrogens is 2. The molecule has 1 atom stereocenters. The number of hydrogen-bond donors (Lipinski definition) is 1. The van der Waals surface area contributed by atoms with Crippen molar-refractivity contribution in [2.75, 3.05) is 6.54 Å². The summed E-state index contributed by atoms with van der Waals surface area (Å²) in [7, 11) is 0. The average Bonchev–Trinajstić information content (AvgIpc) is 2.47. The molecule has 0 aromatic carbocycles. The molecule has 0 bridgehead atoms. The molecule has 1 rings (SSSR count). The molecule has 0 amide bonds. The van der Waals surface area contributed by atoms with Gasteiger partial charge in [-0.2, -0.15) is 5.10 Å². The quantitative estimate of drug-likeness (QED) is 0.738. The second kappa shape index (κ2) is 4.26. The zero-order valence-electron chi connectivity index (χ0n) is 7.83. The van der Waals surface area contributed by atoms with Gasteiger partial charge >= 0.3 is 0 Å². The molecule has 0 spiro atoms. The lowest BCUT2D eigenvalue weighted by atomic mass is 10.2. The van der Waals surface area contributed by atoms with Crippen LogP contribution in [-0.2, 0) is 0 Å². The van der Waals surface area contributed by atoms with E-state index in [1.54, 1.807) is 0 Å².